The number of nitrogens with two attached hydrogens (primary N) is 1. The van der Waals surface area contributed by atoms with Gasteiger partial charge in [-0.15, -0.1) is 12.4 Å². The summed E-state index contributed by atoms with van der Waals surface area (Å²) in [6.07, 6.45) is 6.04. The quantitative estimate of drug-likeness (QED) is 0.803. The molecule has 0 bridgehead atoms. The topological polar surface area (TPSA) is 59.2 Å². The van der Waals surface area contributed by atoms with E-state index in [1.807, 2.05) is 12.3 Å². The predicted molar refractivity (Wildman–Crippen MR) is 80.8 cm³/mol. The minimum atomic E-state index is -1.67. The van der Waals surface area contributed by atoms with Crippen molar-refractivity contribution < 1.29 is 4.21 Å². The van der Waals surface area contributed by atoms with Gasteiger partial charge in [0.15, 0.2) is 0 Å². The largest absolute Gasteiger partial charge is 0.369 e. The second-order valence-electron chi connectivity index (χ2n) is 3.74. The van der Waals surface area contributed by atoms with E-state index in [1.165, 1.54) is 12.1 Å². The Balaban J connectivity index is 0.000000512. The van der Waals surface area contributed by atoms with Crippen LogP contribution < -0.4 is 10.6 Å². The molecule has 0 saturated carbocycles. The van der Waals surface area contributed by atoms with Crippen molar-refractivity contribution >= 4 is 48.7 Å². The van der Waals surface area contributed by atoms with Gasteiger partial charge >= 0.3 is 0 Å². The van der Waals surface area contributed by atoms with E-state index in [9.17, 15) is 0 Å². The van der Waals surface area contributed by atoms with Crippen molar-refractivity contribution in [2.75, 3.05) is 18.0 Å². The number of piperidine rings is 1. The molecule has 1 atom stereocenters. The number of pyridine rings is 1. The maximum absolute atomic E-state index is 9.09. The average molecular weight is 333 g/mol. The second-order valence-corrected chi connectivity index (χ2v) is 6.27. The zero-order valence-electron chi connectivity index (χ0n) is 9.67. The van der Waals surface area contributed by atoms with E-state index < -0.39 is 9.23 Å². The molecular weight excluding hydrogens is 317 g/mol. The second kappa shape index (κ2) is 9.81. The van der Waals surface area contributed by atoms with E-state index in [0.29, 0.717) is 6.04 Å². The SMILES string of the molecule is Cl.N[C@@H]1CCCN(c2cccnc2)C1.O=S(Cl)Cl. The molecule has 0 spiro atoms. The number of anilines is 1. The van der Waals surface area contributed by atoms with Crippen LogP contribution >= 0.6 is 33.8 Å². The molecule has 4 nitrogen and oxygen atoms in total. The van der Waals surface area contributed by atoms with Crippen LogP contribution in [0.25, 0.3) is 0 Å². The first kappa shape index (κ1) is 17.9. The Hall–Kier alpha value is -0.0700. The van der Waals surface area contributed by atoms with E-state index in [1.54, 1.807) is 6.20 Å². The molecule has 1 aliphatic heterocycles. The van der Waals surface area contributed by atoms with E-state index >= 15 is 0 Å². The smallest absolute Gasteiger partial charge is 0.211 e. The van der Waals surface area contributed by atoms with Crippen LogP contribution in [0.3, 0.4) is 0 Å². The summed E-state index contributed by atoms with van der Waals surface area (Å²) in [5, 5.41) is 0. The molecule has 0 aliphatic carbocycles. The third kappa shape index (κ3) is 7.38. The van der Waals surface area contributed by atoms with Crippen molar-refractivity contribution in [2.24, 2.45) is 5.73 Å². The Morgan fingerprint density at radius 2 is 2.17 bits per heavy atom. The monoisotopic (exact) mass is 331 g/mol. The zero-order valence-corrected chi connectivity index (χ0v) is 12.8. The van der Waals surface area contributed by atoms with Crippen molar-refractivity contribution in [2.45, 2.75) is 18.9 Å². The predicted octanol–water partition coefficient (Wildman–Crippen LogP) is 2.47. The van der Waals surface area contributed by atoms with Gasteiger partial charge in [0.25, 0.3) is 0 Å². The number of rotatable bonds is 1. The van der Waals surface area contributed by atoms with Crippen molar-refractivity contribution in [1.29, 1.82) is 0 Å². The molecule has 2 heterocycles. The molecule has 0 unspecified atom stereocenters. The molecule has 1 saturated heterocycles. The molecule has 1 aromatic rings. The number of hydrogen-bond acceptors (Lipinski definition) is 4. The third-order valence-corrected chi connectivity index (χ3v) is 2.47. The van der Waals surface area contributed by atoms with Gasteiger partial charge in [-0.05, 0) is 25.0 Å². The van der Waals surface area contributed by atoms with Crippen LogP contribution in [-0.2, 0) is 9.23 Å². The van der Waals surface area contributed by atoms with Crippen molar-refractivity contribution in [1.82, 2.24) is 4.98 Å². The Labute approximate surface area is 125 Å². The molecule has 1 aromatic heterocycles. The summed E-state index contributed by atoms with van der Waals surface area (Å²) in [7, 11) is 7.36. The molecule has 1 fully saturated rings. The van der Waals surface area contributed by atoms with Gasteiger partial charge in [0.05, 0.1) is 11.9 Å². The summed E-state index contributed by atoms with van der Waals surface area (Å²) < 4.78 is 9.09. The van der Waals surface area contributed by atoms with Crippen LogP contribution in [-0.4, -0.2) is 28.3 Å². The molecular formula is C10H16Cl3N3OS. The normalized spacial score (nSPS) is 18.7. The highest BCUT2D eigenvalue weighted by Gasteiger charge is 2.16. The zero-order chi connectivity index (χ0) is 12.7. The minimum Gasteiger partial charge on any atom is -0.369 e. The fourth-order valence-corrected chi connectivity index (χ4v) is 1.79. The molecule has 2 rings (SSSR count). The van der Waals surface area contributed by atoms with Gasteiger partial charge in [0.2, 0.25) is 9.23 Å². The Kier molecular flexibility index (Phi) is 9.77. The molecule has 1 aliphatic rings. The lowest BCUT2D eigenvalue weighted by atomic mass is 10.1. The molecule has 18 heavy (non-hydrogen) atoms. The van der Waals surface area contributed by atoms with Gasteiger partial charge in [-0.25, -0.2) is 4.21 Å². The molecule has 8 heteroatoms. The molecule has 0 radical (unpaired) electrons. The fraction of sp³-hybridized carbons (Fsp3) is 0.500. The lowest BCUT2D eigenvalue weighted by Crippen LogP contribution is -2.42. The minimum absolute atomic E-state index is 0. The van der Waals surface area contributed by atoms with Crippen molar-refractivity contribution in [3.63, 3.8) is 0 Å². The van der Waals surface area contributed by atoms with Crippen LogP contribution in [0, 0.1) is 0 Å². The molecule has 0 amide bonds. The first-order valence-corrected chi connectivity index (χ1v) is 8.04. The Morgan fingerprint density at radius 1 is 1.50 bits per heavy atom. The highest BCUT2D eigenvalue weighted by atomic mass is 36.0. The summed E-state index contributed by atoms with van der Waals surface area (Å²) >= 11 is 0. The van der Waals surface area contributed by atoms with Crippen LogP contribution in [0.4, 0.5) is 5.69 Å². The van der Waals surface area contributed by atoms with Crippen molar-refractivity contribution in [3.8, 4) is 0 Å². The maximum Gasteiger partial charge on any atom is 0.211 e. The van der Waals surface area contributed by atoms with Crippen LogP contribution in [0.2, 0.25) is 0 Å². The Morgan fingerprint density at radius 3 is 2.67 bits per heavy atom. The number of halogens is 3. The van der Waals surface area contributed by atoms with E-state index in [0.717, 1.165) is 19.5 Å². The summed E-state index contributed by atoms with van der Waals surface area (Å²) in [5.74, 6) is 0. The standard InChI is InChI=1S/C10H15N3.Cl2OS.ClH/c11-9-3-2-6-13(8-9)10-4-1-5-12-7-10;1-4(2)3;/h1,4-5,7,9H,2-3,6,8,11H2;;1H/t9-;;/m1../s1. The van der Waals surface area contributed by atoms with Crippen LogP contribution in [0.15, 0.2) is 24.5 Å². The average Bonchev–Trinajstić information content (AvgIpc) is 2.29. The molecule has 2 N–H and O–H groups in total. The van der Waals surface area contributed by atoms with E-state index in [2.05, 4.69) is 37.3 Å². The first-order chi connectivity index (χ1) is 8.09. The molecule has 104 valence electrons. The van der Waals surface area contributed by atoms with Crippen molar-refractivity contribution in [3.05, 3.63) is 24.5 Å². The highest BCUT2D eigenvalue weighted by molar-refractivity contribution is 8.26. The lowest BCUT2D eigenvalue weighted by Gasteiger charge is -2.32. The Bertz CT molecular complexity index is 351. The number of aromatic nitrogens is 1. The van der Waals surface area contributed by atoms with Gasteiger partial charge < -0.3 is 10.6 Å². The van der Waals surface area contributed by atoms with Gasteiger partial charge in [-0.2, -0.15) is 0 Å². The van der Waals surface area contributed by atoms with Crippen LogP contribution in [0.1, 0.15) is 12.8 Å². The highest BCUT2D eigenvalue weighted by Crippen LogP contribution is 2.17. The van der Waals surface area contributed by atoms with Gasteiger partial charge in [0.1, 0.15) is 0 Å². The molecule has 0 aromatic carbocycles. The number of hydrogen-bond donors (Lipinski definition) is 1. The first-order valence-electron chi connectivity index (χ1n) is 5.24. The summed E-state index contributed by atoms with van der Waals surface area (Å²) in [6, 6.07) is 4.38. The summed E-state index contributed by atoms with van der Waals surface area (Å²) in [6.45, 7) is 2.07. The van der Waals surface area contributed by atoms with Gasteiger partial charge in [-0.3, -0.25) is 4.98 Å². The van der Waals surface area contributed by atoms with Gasteiger partial charge in [0, 0.05) is 46.7 Å². The maximum atomic E-state index is 9.09. The summed E-state index contributed by atoms with van der Waals surface area (Å²) in [4.78, 5) is 6.41. The van der Waals surface area contributed by atoms with E-state index in [4.69, 9.17) is 9.94 Å². The van der Waals surface area contributed by atoms with Gasteiger partial charge in [-0.1, -0.05) is 0 Å². The fourth-order valence-electron chi connectivity index (χ4n) is 1.79. The summed E-state index contributed by atoms with van der Waals surface area (Å²) in [5.41, 5.74) is 7.09. The third-order valence-electron chi connectivity index (χ3n) is 2.47. The van der Waals surface area contributed by atoms with E-state index in [-0.39, 0.29) is 12.4 Å². The number of nitrogens with zero attached hydrogens (tertiary/aromatic N) is 2. The van der Waals surface area contributed by atoms with Crippen LogP contribution in [0.5, 0.6) is 0 Å². The lowest BCUT2D eigenvalue weighted by molar-refractivity contribution is 0.506.